The maximum atomic E-state index is 12.6. The molecule has 132 valence electrons. The van der Waals surface area contributed by atoms with Gasteiger partial charge in [-0.1, -0.05) is 29.3 Å². The summed E-state index contributed by atoms with van der Waals surface area (Å²) in [5, 5.41) is 7.39. The molecule has 3 rings (SSSR count). The zero-order valence-electron chi connectivity index (χ0n) is 14.1. The van der Waals surface area contributed by atoms with E-state index in [1.165, 1.54) is 0 Å². The van der Waals surface area contributed by atoms with Gasteiger partial charge in [0.15, 0.2) is 0 Å². The van der Waals surface area contributed by atoms with Gasteiger partial charge in [0, 0.05) is 34.9 Å². The van der Waals surface area contributed by atoms with Crippen molar-refractivity contribution in [3.8, 4) is 0 Å². The fourth-order valence-corrected chi connectivity index (χ4v) is 3.99. The molecule has 2 aromatic rings. The number of benzene rings is 1. The number of rotatable bonds is 4. The van der Waals surface area contributed by atoms with Gasteiger partial charge >= 0.3 is 0 Å². The molecule has 0 aliphatic carbocycles. The Morgan fingerprint density at radius 3 is 2.88 bits per heavy atom. The maximum Gasteiger partial charge on any atom is 0.252 e. The van der Waals surface area contributed by atoms with Crippen molar-refractivity contribution in [3.05, 3.63) is 63.9 Å². The summed E-state index contributed by atoms with van der Waals surface area (Å²) in [5.74, 6) is -0.192. The highest BCUT2D eigenvalue weighted by Crippen LogP contribution is 2.34. The van der Waals surface area contributed by atoms with E-state index in [-0.39, 0.29) is 11.3 Å². The van der Waals surface area contributed by atoms with E-state index < -0.39 is 0 Å². The number of piperidine rings is 1. The molecule has 2 atom stereocenters. The second-order valence-electron chi connectivity index (χ2n) is 6.61. The summed E-state index contributed by atoms with van der Waals surface area (Å²) >= 11 is 12.1. The van der Waals surface area contributed by atoms with Crippen LogP contribution in [0.3, 0.4) is 0 Å². The average molecular weight is 378 g/mol. The monoisotopic (exact) mass is 377 g/mol. The van der Waals surface area contributed by atoms with E-state index in [0.29, 0.717) is 28.2 Å². The summed E-state index contributed by atoms with van der Waals surface area (Å²) in [6.07, 6.45) is 3.64. The van der Waals surface area contributed by atoms with Crippen molar-refractivity contribution in [2.45, 2.75) is 31.2 Å². The van der Waals surface area contributed by atoms with Crippen molar-refractivity contribution in [1.82, 2.24) is 15.6 Å². The quantitative estimate of drug-likeness (QED) is 0.850. The Labute approximate surface area is 157 Å². The largest absolute Gasteiger partial charge is 0.351 e. The summed E-state index contributed by atoms with van der Waals surface area (Å²) in [7, 11) is 0. The van der Waals surface area contributed by atoms with Crippen LogP contribution < -0.4 is 10.6 Å². The zero-order valence-corrected chi connectivity index (χ0v) is 15.6. The summed E-state index contributed by atoms with van der Waals surface area (Å²) < 4.78 is 0. The molecule has 0 spiro atoms. The third-order valence-electron chi connectivity index (χ3n) is 4.76. The minimum absolute atomic E-state index is 0.180. The normalized spacial score (nSPS) is 23.2. The van der Waals surface area contributed by atoms with Crippen LogP contribution in [-0.4, -0.2) is 30.0 Å². The second kappa shape index (κ2) is 7.73. The van der Waals surface area contributed by atoms with E-state index in [4.69, 9.17) is 23.2 Å². The van der Waals surface area contributed by atoms with E-state index in [9.17, 15) is 4.79 Å². The third kappa shape index (κ3) is 4.14. The van der Waals surface area contributed by atoms with Gasteiger partial charge in [-0.3, -0.25) is 9.78 Å². The molecule has 1 aliphatic heterocycles. The average Bonchev–Trinajstić information content (AvgIpc) is 2.60. The molecule has 0 saturated carbocycles. The third-order valence-corrected chi connectivity index (χ3v) is 5.31. The molecule has 2 N–H and O–H groups in total. The van der Waals surface area contributed by atoms with Crippen LogP contribution in [0.15, 0.2) is 42.6 Å². The van der Waals surface area contributed by atoms with Crippen LogP contribution in [0.2, 0.25) is 10.0 Å². The Bertz CT molecular complexity index is 754. The van der Waals surface area contributed by atoms with Gasteiger partial charge in [0.2, 0.25) is 0 Å². The molecule has 0 bridgehead atoms. The molecule has 1 aliphatic rings. The number of amides is 1. The number of nitrogens with zero attached hydrogens (tertiary/aromatic N) is 1. The minimum Gasteiger partial charge on any atom is -0.351 e. The molecule has 0 radical (unpaired) electrons. The van der Waals surface area contributed by atoms with E-state index in [0.717, 1.165) is 25.1 Å². The molecular formula is C19H21Cl2N3O. The van der Waals surface area contributed by atoms with Gasteiger partial charge in [0.05, 0.1) is 10.6 Å². The topological polar surface area (TPSA) is 54.0 Å². The molecule has 0 unspecified atom stereocenters. The number of hydrogen-bond acceptors (Lipinski definition) is 3. The van der Waals surface area contributed by atoms with Gasteiger partial charge in [0.25, 0.3) is 5.91 Å². The van der Waals surface area contributed by atoms with E-state index >= 15 is 0 Å². The van der Waals surface area contributed by atoms with Gasteiger partial charge in [-0.25, -0.2) is 0 Å². The van der Waals surface area contributed by atoms with Crippen molar-refractivity contribution >= 4 is 29.1 Å². The summed E-state index contributed by atoms with van der Waals surface area (Å²) in [6.45, 7) is 3.58. The predicted molar refractivity (Wildman–Crippen MR) is 101 cm³/mol. The Morgan fingerprint density at radius 1 is 1.36 bits per heavy atom. The summed E-state index contributed by atoms with van der Waals surface area (Å²) in [6, 6.07) is 11.2. The highest BCUT2D eigenvalue weighted by atomic mass is 35.5. The minimum atomic E-state index is -0.192. The first kappa shape index (κ1) is 18.2. The van der Waals surface area contributed by atoms with Crippen LogP contribution in [0.5, 0.6) is 0 Å². The van der Waals surface area contributed by atoms with Crippen LogP contribution >= 0.6 is 23.2 Å². The Morgan fingerprint density at radius 2 is 2.20 bits per heavy atom. The van der Waals surface area contributed by atoms with Gasteiger partial charge in [0.1, 0.15) is 0 Å². The highest BCUT2D eigenvalue weighted by Gasteiger charge is 2.38. The Hall–Kier alpha value is -1.62. The van der Waals surface area contributed by atoms with Crippen LogP contribution in [0, 0.1) is 0 Å². The zero-order chi connectivity index (χ0) is 17.9. The maximum absolute atomic E-state index is 12.6. The molecule has 6 heteroatoms. The number of aromatic nitrogens is 1. The second-order valence-corrected chi connectivity index (χ2v) is 7.46. The number of carbonyl (C=O) groups is 1. The van der Waals surface area contributed by atoms with E-state index in [1.807, 2.05) is 24.4 Å². The summed E-state index contributed by atoms with van der Waals surface area (Å²) in [5.41, 5.74) is 1.27. The van der Waals surface area contributed by atoms with Crippen molar-refractivity contribution in [2.24, 2.45) is 0 Å². The van der Waals surface area contributed by atoms with Gasteiger partial charge < -0.3 is 10.6 Å². The molecule has 1 aromatic heterocycles. The Kier molecular flexibility index (Phi) is 5.62. The first-order chi connectivity index (χ1) is 12.0. The van der Waals surface area contributed by atoms with Crippen molar-refractivity contribution in [2.75, 3.05) is 13.1 Å². The fraction of sp³-hybridized carbons (Fsp3) is 0.368. The lowest BCUT2D eigenvalue weighted by atomic mass is 9.73. The van der Waals surface area contributed by atoms with Crippen molar-refractivity contribution < 1.29 is 4.79 Å². The van der Waals surface area contributed by atoms with Crippen molar-refractivity contribution in [3.63, 3.8) is 0 Å². The van der Waals surface area contributed by atoms with Crippen LogP contribution in [0.25, 0.3) is 0 Å². The highest BCUT2D eigenvalue weighted by molar-refractivity contribution is 6.36. The van der Waals surface area contributed by atoms with E-state index in [1.54, 1.807) is 18.2 Å². The van der Waals surface area contributed by atoms with Crippen LogP contribution in [0.1, 0.15) is 35.8 Å². The molecule has 1 saturated heterocycles. The van der Waals surface area contributed by atoms with Gasteiger partial charge in [-0.2, -0.15) is 0 Å². The van der Waals surface area contributed by atoms with Gasteiger partial charge in [-0.05, 0) is 56.6 Å². The van der Waals surface area contributed by atoms with Crippen molar-refractivity contribution in [1.29, 1.82) is 0 Å². The lowest BCUT2D eigenvalue weighted by molar-refractivity contribution is 0.0934. The predicted octanol–water partition coefficient (Wildman–Crippen LogP) is 3.83. The number of carbonyl (C=O) groups excluding carboxylic acids is 1. The first-order valence-electron chi connectivity index (χ1n) is 8.38. The lowest BCUT2D eigenvalue weighted by Crippen LogP contribution is -2.51. The molecule has 25 heavy (non-hydrogen) atoms. The molecular weight excluding hydrogens is 357 g/mol. The lowest BCUT2D eigenvalue weighted by Gasteiger charge is -2.40. The number of pyridine rings is 1. The number of nitrogens with one attached hydrogen (secondary N) is 2. The number of halogens is 2. The SMILES string of the molecule is C[C@@H]1C[C@@](CNC(=O)c2ccc(Cl)cc2Cl)(c2ccccn2)CCN1. The first-order valence-corrected chi connectivity index (χ1v) is 9.14. The van der Waals surface area contributed by atoms with Crippen LogP contribution in [-0.2, 0) is 5.41 Å². The van der Waals surface area contributed by atoms with Crippen LogP contribution in [0.4, 0.5) is 0 Å². The molecule has 1 amide bonds. The van der Waals surface area contributed by atoms with E-state index in [2.05, 4.69) is 22.5 Å². The standard InChI is InChI=1S/C19H21Cl2N3O/c1-13-11-19(7-9-22-13,17-4-2-3-8-23-17)12-24-18(25)15-6-5-14(20)10-16(15)21/h2-6,8,10,13,22H,7,9,11-12H2,1H3,(H,24,25)/t13-,19+/m1/s1. The molecule has 2 heterocycles. The molecule has 1 fully saturated rings. The molecule has 1 aromatic carbocycles. The molecule has 4 nitrogen and oxygen atoms in total. The summed E-state index contributed by atoms with van der Waals surface area (Å²) in [4.78, 5) is 17.2. The fourth-order valence-electron chi connectivity index (χ4n) is 3.50. The number of hydrogen-bond donors (Lipinski definition) is 2. The Balaban J connectivity index is 1.80. The van der Waals surface area contributed by atoms with Gasteiger partial charge in [-0.15, -0.1) is 0 Å². The smallest absolute Gasteiger partial charge is 0.252 e.